The predicted octanol–water partition coefficient (Wildman–Crippen LogP) is 5.75. The summed E-state index contributed by atoms with van der Waals surface area (Å²) in [5, 5.41) is 0. The van der Waals surface area contributed by atoms with Gasteiger partial charge in [0, 0.05) is 19.8 Å². The summed E-state index contributed by atoms with van der Waals surface area (Å²) in [4.78, 5) is 23.1. The molecule has 0 amide bonds. The maximum Gasteiger partial charge on any atom is 0.355 e. The molecule has 0 aliphatic rings. The fourth-order valence-corrected chi connectivity index (χ4v) is 3.60. The van der Waals surface area contributed by atoms with Crippen molar-refractivity contribution in [3.8, 4) is 0 Å². The first-order valence-electron chi connectivity index (χ1n) is 10.1. The van der Waals surface area contributed by atoms with Crippen LogP contribution in [-0.2, 0) is 22.3 Å². The lowest BCUT2D eigenvalue weighted by Gasteiger charge is -2.07. The fourth-order valence-electron chi connectivity index (χ4n) is 3.60. The number of methoxy groups -OCH3 is 2. The Morgan fingerprint density at radius 2 is 1.03 bits per heavy atom. The standard InChI is InChI=1S/2C12H12FNO2.2CH4.B/c2*1-3-8-4-6-10-9(13)5-7-11(14(8)10)12(15)16-2;;;/h2*4-7H,3H2,1-2H3;2*1H4;. The second-order valence-electron chi connectivity index (χ2n) is 6.91. The fraction of sp³-hybridized carbons (Fsp3) is 0.308. The van der Waals surface area contributed by atoms with Crippen LogP contribution in [0.3, 0.4) is 0 Å². The molecule has 4 heterocycles. The van der Waals surface area contributed by atoms with E-state index in [1.165, 1.54) is 38.5 Å². The first-order chi connectivity index (χ1) is 15.4. The number of carbonyl (C=O) groups is 2. The molecule has 4 aromatic rings. The molecule has 3 radical (unpaired) electrons. The number of carbonyl (C=O) groups excluding carboxylic acids is 2. The van der Waals surface area contributed by atoms with Crippen molar-refractivity contribution in [2.24, 2.45) is 0 Å². The summed E-state index contributed by atoms with van der Waals surface area (Å²) in [6, 6.07) is 12.4. The molecular weight excluding hydrogens is 453 g/mol. The lowest BCUT2D eigenvalue weighted by atomic mass is 10.3. The number of halogens is 2. The number of pyridine rings is 2. The Hall–Kier alpha value is -3.62. The molecule has 0 aliphatic carbocycles. The van der Waals surface area contributed by atoms with Crippen molar-refractivity contribution in [2.75, 3.05) is 14.2 Å². The zero-order valence-electron chi connectivity index (χ0n) is 18.9. The third kappa shape index (κ3) is 5.91. The number of hydrogen-bond acceptors (Lipinski definition) is 4. The molecule has 0 fully saturated rings. The summed E-state index contributed by atoms with van der Waals surface area (Å²) in [6.07, 6.45) is 1.45. The molecule has 0 atom stereocenters. The molecule has 0 spiro atoms. The van der Waals surface area contributed by atoms with Gasteiger partial charge in [0.05, 0.1) is 25.3 Å². The van der Waals surface area contributed by atoms with Gasteiger partial charge in [-0.25, -0.2) is 18.4 Å². The van der Waals surface area contributed by atoms with Gasteiger partial charge in [-0.05, 0) is 61.4 Å². The van der Waals surface area contributed by atoms with Gasteiger partial charge in [-0.2, -0.15) is 0 Å². The first-order valence-corrected chi connectivity index (χ1v) is 10.1. The number of hydrogen-bond donors (Lipinski definition) is 0. The third-order valence-electron chi connectivity index (χ3n) is 5.18. The van der Waals surface area contributed by atoms with Crippen LogP contribution in [0.4, 0.5) is 8.78 Å². The Morgan fingerprint density at radius 3 is 1.31 bits per heavy atom. The smallest absolute Gasteiger partial charge is 0.355 e. The SMILES string of the molecule is C.C.CCc1ccc2c(F)ccc(C(=O)OC)n12.CCc1ccc2c(F)ccc(C(=O)OC)n12.[B]. The lowest BCUT2D eigenvalue weighted by molar-refractivity contribution is 0.0583. The zero-order valence-corrected chi connectivity index (χ0v) is 18.9. The number of aromatic nitrogens is 2. The van der Waals surface area contributed by atoms with E-state index in [9.17, 15) is 18.4 Å². The molecule has 4 rings (SSSR count). The minimum atomic E-state index is -0.462. The highest BCUT2D eigenvalue weighted by molar-refractivity contribution is 5.89. The highest BCUT2D eigenvalue weighted by Gasteiger charge is 2.16. The van der Waals surface area contributed by atoms with Crippen molar-refractivity contribution in [3.05, 3.63) is 82.9 Å². The molecule has 0 N–H and O–H groups in total. The van der Waals surface area contributed by atoms with Crippen LogP contribution in [0.25, 0.3) is 11.0 Å². The van der Waals surface area contributed by atoms with Gasteiger partial charge in [0.2, 0.25) is 0 Å². The topological polar surface area (TPSA) is 61.4 Å². The van der Waals surface area contributed by atoms with Gasteiger partial charge in [-0.1, -0.05) is 28.7 Å². The molecule has 6 nitrogen and oxygen atoms in total. The van der Waals surface area contributed by atoms with Gasteiger partial charge in [-0.3, -0.25) is 0 Å². The highest BCUT2D eigenvalue weighted by Crippen LogP contribution is 2.19. The summed E-state index contributed by atoms with van der Waals surface area (Å²) in [7, 11) is 2.62. The number of aryl methyl sites for hydroxylation is 2. The maximum atomic E-state index is 13.5. The average molecular weight is 485 g/mol. The monoisotopic (exact) mass is 485 g/mol. The number of nitrogens with zero attached hydrogens (tertiary/aromatic N) is 2. The third-order valence-corrected chi connectivity index (χ3v) is 5.18. The molecule has 0 saturated heterocycles. The second-order valence-corrected chi connectivity index (χ2v) is 6.91. The van der Waals surface area contributed by atoms with Crippen LogP contribution >= 0.6 is 0 Å². The van der Waals surface area contributed by atoms with E-state index in [0.29, 0.717) is 22.4 Å². The Bertz CT molecular complexity index is 1200. The van der Waals surface area contributed by atoms with Crippen molar-refractivity contribution in [1.82, 2.24) is 8.80 Å². The number of rotatable bonds is 4. The summed E-state index contributed by atoms with van der Waals surface area (Å²) in [5.74, 6) is -1.61. The van der Waals surface area contributed by atoms with Crippen molar-refractivity contribution in [1.29, 1.82) is 0 Å². The Labute approximate surface area is 207 Å². The van der Waals surface area contributed by atoms with Crippen molar-refractivity contribution in [3.63, 3.8) is 0 Å². The second kappa shape index (κ2) is 13.3. The number of ether oxygens (including phenoxy) is 2. The molecule has 187 valence electrons. The van der Waals surface area contributed by atoms with E-state index in [1.54, 1.807) is 20.9 Å². The van der Waals surface area contributed by atoms with E-state index in [1.807, 2.05) is 26.0 Å². The van der Waals surface area contributed by atoms with Gasteiger partial charge in [-0.15, -0.1) is 0 Å². The maximum absolute atomic E-state index is 13.5. The molecule has 0 unspecified atom stereocenters. The molecule has 0 saturated carbocycles. The predicted molar refractivity (Wildman–Crippen MR) is 135 cm³/mol. The number of fused-ring (bicyclic) bond motifs is 2. The summed E-state index contributed by atoms with van der Waals surface area (Å²) in [6.45, 7) is 3.90. The summed E-state index contributed by atoms with van der Waals surface area (Å²) < 4.78 is 39.6. The minimum absolute atomic E-state index is 0. The highest BCUT2D eigenvalue weighted by atomic mass is 19.1. The van der Waals surface area contributed by atoms with Crippen LogP contribution in [0.5, 0.6) is 0 Å². The minimum Gasteiger partial charge on any atom is -0.464 e. The Balaban J connectivity index is 0.000000608. The van der Waals surface area contributed by atoms with Crippen LogP contribution in [-0.4, -0.2) is 43.4 Å². The van der Waals surface area contributed by atoms with Gasteiger partial charge < -0.3 is 18.3 Å². The van der Waals surface area contributed by atoms with Gasteiger partial charge in [0.1, 0.15) is 23.0 Å². The lowest BCUT2D eigenvalue weighted by Crippen LogP contribution is -2.10. The van der Waals surface area contributed by atoms with Crippen molar-refractivity contribution in [2.45, 2.75) is 41.5 Å². The quantitative estimate of drug-likeness (QED) is 0.273. The Kier molecular flexibility index (Phi) is 11.9. The average Bonchev–Trinajstić information content (AvgIpc) is 3.44. The van der Waals surface area contributed by atoms with Crippen molar-refractivity contribution >= 4 is 31.4 Å². The summed E-state index contributed by atoms with van der Waals surface area (Å²) >= 11 is 0. The molecule has 9 heteroatoms. The first kappa shape index (κ1) is 31.4. The van der Waals surface area contributed by atoms with Gasteiger partial charge in [0.25, 0.3) is 0 Å². The molecular formula is C26H32BF2N2O4. The van der Waals surface area contributed by atoms with Crippen molar-refractivity contribution < 1.29 is 27.8 Å². The van der Waals surface area contributed by atoms with E-state index in [2.05, 4.69) is 9.47 Å². The van der Waals surface area contributed by atoms with E-state index < -0.39 is 11.9 Å². The van der Waals surface area contributed by atoms with Gasteiger partial charge in [0.15, 0.2) is 0 Å². The van der Waals surface area contributed by atoms with Crippen LogP contribution in [0, 0.1) is 11.6 Å². The van der Waals surface area contributed by atoms with Crippen LogP contribution in [0.15, 0.2) is 48.5 Å². The molecule has 0 bridgehead atoms. The van der Waals surface area contributed by atoms with E-state index >= 15 is 0 Å². The molecule has 4 aromatic heterocycles. The Morgan fingerprint density at radius 1 is 0.686 bits per heavy atom. The van der Waals surface area contributed by atoms with E-state index in [-0.39, 0.29) is 34.9 Å². The normalized spacial score (nSPS) is 9.77. The van der Waals surface area contributed by atoms with Crippen LogP contribution in [0.2, 0.25) is 0 Å². The molecule has 0 aliphatic heterocycles. The largest absolute Gasteiger partial charge is 0.464 e. The van der Waals surface area contributed by atoms with E-state index in [0.717, 1.165) is 24.2 Å². The van der Waals surface area contributed by atoms with Gasteiger partial charge >= 0.3 is 11.9 Å². The van der Waals surface area contributed by atoms with Crippen LogP contribution in [0.1, 0.15) is 61.1 Å². The number of esters is 2. The van der Waals surface area contributed by atoms with E-state index in [4.69, 9.17) is 0 Å². The zero-order chi connectivity index (χ0) is 23.4. The molecule has 0 aromatic carbocycles. The van der Waals surface area contributed by atoms with Crippen LogP contribution < -0.4 is 0 Å². The summed E-state index contributed by atoms with van der Waals surface area (Å²) in [5.41, 5.74) is 3.27. The molecule has 35 heavy (non-hydrogen) atoms.